The van der Waals surface area contributed by atoms with E-state index < -0.39 is 10.8 Å². The first kappa shape index (κ1) is 17.4. The van der Waals surface area contributed by atoms with Crippen LogP contribution in [0.5, 0.6) is 0 Å². The van der Waals surface area contributed by atoms with Gasteiger partial charge in [-0.25, -0.2) is 0 Å². The van der Waals surface area contributed by atoms with Crippen LogP contribution in [0, 0.1) is 17.0 Å². The lowest BCUT2D eigenvalue weighted by Gasteiger charge is -2.12. The quantitative estimate of drug-likeness (QED) is 0.649. The first-order valence-corrected chi connectivity index (χ1v) is 7.30. The molecule has 124 valence electrons. The topological polar surface area (TPSA) is 101 Å². The number of halogens is 1. The summed E-state index contributed by atoms with van der Waals surface area (Å²) in [6.45, 7) is 3.13. The normalized spacial score (nSPS) is 10.1. The molecule has 0 saturated heterocycles. The molecule has 8 heteroatoms. The van der Waals surface area contributed by atoms with Gasteiger partial charge in [0, 0.05) is 29.9 Å². The van der Waals surface area contributed by atoms with E-state index in [1.54, 1.807) is 25.1 Å². The average Bonchev–Trinajstić information content (AvgIpc) is 2.50. The molecule has 0 unspecified atom stereocenters. The second-order valence-corrected chi connectivity index (χ2v) is 5.44. The van der Waals surface area contributed by atoms with E-state index in [9.17, 15) is 19.7 Å². The van der Waals surface area contributed by atoms with E-state index in [4.69, 9.17) is 11.6 Å². The van der Waals surface area contributed by atoms with E-state index in [0.717, 1.165) is 6.07 Å². The van der Waals surface area contributed by atoms with Gasteiger partial charge in [-0.2, -0.15) is 0 Å². The highest BCUT2D eigenvalue weighted by molar-refractivity contribution is 6.32. The summed E-state index contributed by atoms with van der Waals surface area (Å²) in [5.74, 6) is -0.743. The van der Waals surface area contributed by atoms with Crippen LogP contribution in [0.4, 0.5) is 17.1 Å². The number of anilines is 2. The van der Waals surface area contributed by atoms with Crippen molar-refractivity contribution in [3.05, 3.63) is 62.7 Å². The molecule has 7 nitrogen and oxygen atoms in total. The standard InChI is InChI=1S/C16H14ClN3O4/c1-9-13(18-10(2)21)4-3-5-14(9)19-16(22)11-6-7-12(17)15(8-11)20(23)24/h3-8H,1-2H3,(H,18,21)(H,19,22). The SMILES string of the molecule is CC(=O)Nc1cccc(NC(=O)c2ccc(Cl)c([N+](=O)[O-])c2)c1C. The van der Waals surface area contributed by atoms with Crippen LogP contribution in [-0.4, -0.2) is 16.7 Å². The van der Waals surface area contributed by atoms with Crippen molar-refractivity contribution < 1.29 is 14.5 Å². The fourth-order valence-corrected chi connectivity index (χ4v) is 2.27. The lowest BCUT2D eigenvalue weighted by Crippen LogP contribution is -2.14. The molecule has 0 fully saturated rings. The van der Waals surface area contributed by atoms with Gasteiger partial charge < -0.3 is 10.6 Å². The number of carbonyl (C=O) groups is 2. The second-order valence-electron chi connectivity index (χ2n) is 5.04. The third-order valence-corrected chi connectivity index (χ3v) is 3.62. The highest BCUT2D eigenvalue weighted by atomic mass is 35.5. The largest absolute Gasteiger partial charge is 0.326 e. The summed E-state index contributed by atoms with van der Waals surface area (Å²) in [5, 5.41) is 16.2. The van der Waals surface area contributed by atoms with Gasteiger partial charge in [-0.1, -0.05) is 17.7 Å². The van der Waals surface area contributed by atoms with Crippen LogP contribution in [-0.2, 0) is 4.79 Å². The fraction of sp³-hybridized carbons (Fsp3) is 0.125. The number of rotatable bonds is 4. The van der Waals surface area contributed by atoms with Crippen molar-refractivity contribution in [2.24, 2.45) is 0 Å². The first-order valence-electron chi connectivity index (χ1n) is 6.92. The van der Waals surface area contributed by atoms with Crippen LogP contribution in [0.15, 0.2) is 36.4 Å². The zero-order valence-corrected chi connectivity index (χ0v) is 13.7. The fourth-order valence-electron chi connectivity index (χ4n) is 2.08. The average molecular weight is 348 g/mol. The van der Waals surface area contributed by atoms with Crippen molar-refractivity contribution in [1.29, 1.82) is 0 Å². The Labute approximate surface area is 142 Å². The monoisotopic (exact) mass is 347 g/mol. The number of amides is 2. The molecular formula is C16H14ClN3O4. The third-order valence-electron chi connectivity index (χ3n) is 3.30. The van der Waals surface area contributed by atoms with E-state index in [-0.39, 0.29) is 22.2 Å². The molecule has 2 aromatic carbocycles. The summed E-state index contributed by atoms with van der Waals surface area (Å²) in [6.07, 6.45) is 0. The molecule has 2 aromatic rings. The molecule has 2 rings (SSSR count). The minimum Gasteiger partial charge on any atom is -0.326 e. The van der Waals surface area contributed by atoms with Crippen molar-refractivity contribution in [2.75, 3.05) is 10.6 Å². The lowest BCUT2D eigenvalue weighted by molar-refractivity contribution is -0.384. The summed E-state index contributed by atoms with van der Waals surface area (Å²) in [6, 6.07) is 8.87. The maximum Gasteiger partial charge on any atom is 0.288 e. The van der Waals surface area contributed by atoms with Crippen LogP contribution in [0.3, 0.4) is 0 Å². The van der Waals surface area contributed by atoms with Gasteiger partial charge in [-0.15, -0.1) is 0 Å². The van der Waals surface area contributed by atoms with Crippen LogP contribution in [0.25, 0.3) is 0 Å². The number of nitro benzene ring substituents is 1. The number of hydrogen-bond donors (Lipinski definition) is 2. The Balaban J connectivity index is 2.29. The summed E-state index contributed by atoms with van der Waals surface area (Å²) >= 11 is 5.74. The van der Waals surface area contributed by atoms with Crippen LogP contribution in [0.2, 0.25) is 5.02 Å². The zero-order chi connectivity index (χ0) is 17.9. The van der Waals surface area contributed by atoms with Crippen LogP contribution >= 0.6 is 11.6 Å². The molecule has 0 aromatic heterocycles. The maximum atomic E-state index is 12.3. The molecule has 24 heavy (non-hydrogen) atoms. The Kier molecular flexibility index (Phi) is 5.15. The Morgan fingerprint density at radius 2 is 1.75 bits per heavy atom. The summed E-state index contributed by atoms with van der Waals surface area (Å²) in [5.41, 5.74) is 1.50. The van der Waals surface area contributed by atoms with Gasteiger partial charge in [0.05, 0.1) is 4.92 Å². The highest BCUT2D eigenvalue weighted by Gasteiger charge is 2.17. The van der Waals surface area contributed by atoms with Crippen LogP contribution < -0.4 is 10.6 Å². The second kappa shape index (κ2) is 7.10. The number of nitrogens with one attached hydrogen (secondary N) is 2. The molecule has 0 bridgehead atoms. The molecule has 0 atom stereocenters. The van der Waals surface area contributed by atoms with E-state index in [0.29, 0.717) is 16.9 Å². The smallest absolute Gasteiger partial charge is 0.288 e. The van der Waals surface area contributed by atoms with Crippen molar-refractivity contribution in [3.8, 4) is 0 Å². The zero-order valence-electron chi connectivity index (χ0n) is 12.9. The molecule has 0 radical (unpaired) electrons. The van der Waals surface area contributed by atoms with Gasteiger partial charge in [0.15, 0.2) is 0 Å². The Morgan fingerprint density at radius 3 is 2.33 bits per heavy atom. The van der Waals surface area contributed by atoms with Crippen molar-refractivity contribution in [1.82, 2.24) is 0 Å². The lowest BCUT2D eigenvalue weighted by atomic mass is 10.1. The van der Waals surface area contributed by atoms with Gasteiger partial charge in [0.1, 0.15) is 5.02 Å². The minimum atomic E-state index is -0.651. The maximum absolute atomic E-state index is 12.3. The Morgan fingerprint density at radius 1 is 1.12 bits per heavy atom. The van der Waals surface area contributed by atoms with Crippen molar-refractivity contribution >= 4 is 40.5 Å². The van der Waals surface area contributed by atoms with E-state index >= 15 is 0 Å². The summed E-state index contributed by atoms with van der Waals surface area (Å²) in [7, 11) is 0. The van der Waals surface area contributed by atoms with Gasteiger partial charge in [-0.3, -0.25) is 19.7 Å². The molecule has 0 aliphatic heterocycles. The number of nitro groups is 1. The molecule has 2 N–H and O–H groups in total. The predicted octanol–water partition coefficient (Wildman–Crippen LogP) is 3.77. The van der Waals surface area contributed by atoms with E-state index in [1.807, 2.05) is 0 Å². The number of hydrogen-bond acceptors (Lipinski definition) is 4. The van der Waals surface area contributed by atoms with Gasteiger partial charge >= 0.3 is 0 Å². The number of nitrogens with zero attached hydrogens (tertiary/aromatic N) is 1. The minimum absolute atomic E-state index is 0.0413. The van der Waals surface area contributed by atoms with Gasteiger partial charge in [0.2, 0.25) is 5.91 Å². The number of benzene rings is 2. The summed E-state index contributed by atoms with van der Waals surface area (Å²) in [4.78, 5) is 33.8. The first-order chi connectivity index (χ1) is 11.3. The summed E-state index contributed by atoms with van der Waals surface area (Å²) < 4.78 is 0. The van der Waals surface area contributed by atoms with E-state index in [2.05, 4.69) is 10.6 Å². The molecule has 2 amide bonds. The predicted molar refractivity (Wildman–Crippen MR) is 91.5 cm³/mol. The van der Waals surface area contributed by atoms with Crippen LogP contribution in [0.1, 0.15) is 22.8 Å². The molecule has 0 spiro atoms. The van der Waals surface area contributed by atoms with Crippen molar-refractivity contribution in [2.45, 2.75) is 13.8 Å². The van der Waals surface area contributed by atoms with E-state index in [1.165, 1.54) is 19.1 Å². The van der Waals surface area contributed by atoms with Gasteiger partial charge in [-0.05, 0) is 36.8 Å². The Hall–Kier alpha value is -2.93. The molecular weight excluding hydrogens is 334 g/mol. The molecule has 0 saturated carbocycles. The Bertz CT molecular complexity index is 836. The molecule has 0 heterocycles. The highest BCUT2D eigenvalue weighted by Crippen LogP contribution is 2.27. The number of carbonyl (C=O) groups excluding carboxylic acids is 2. The molecule has 0 aliphatic carbocycles. The molecule has 0 aliphatic rings. The third kappa shape index (κ3) is 3.88. The van der Waals surface area contributed by atoms with Gasteiger partial charge in [0.25, 0.3) is 11.6 Å². The van der Waals surface area contributed by atoms with Crippen molar-refractivity contribution in [3.63, 3.8) is 0 Å².